The normalized spacial score (nSPS) is 14.9. The maximum Gasteiger partial charge on any atom is 0.253 e. The van der Waals surface area contributed by atoms with E-state index in [-0.39, 0.29) is 17.7 Å². The molecular weight excluding hydrogens is 378 g/mol. The summed E-state index contributed by atoms with van der Waals surface area (Å²) in [4.78, 5) is 26.7. The largest absolute Gasteiger partial charge is 0.497 e. The summed E-state index contributed by atoms with van der Waals surface area (Å²) in [6, 6.07) is 14.2. The van der Waals surface area contributed by atoms with Crippen LogP contribution in [0.25, 0.3) is 0 Å². The summed E-state index contributed by atoms with van der Waals surface area (Å²) in [5.74, 6) is 0.414. The number of hydrazone groups is 1. The van der Waals surface area contributed by atoms with Gasteiger partial charge in [-0.15, -0.1) is 0 Å². The van der Waals surface area contributed by atoms with Crippen molar-refractivity contribution >= 4 is 29.6 Å². The van der Waals surface area contributed by atoms with Crippen molar-refractivity contribution in [3.63, 3.8) is 0 Å². The SMILES string of the molecule is COc1ccc(C(=O)N2CCC(C(=O)N/N=C\c3ccc(Cl)cc3)CC2)cc1. The maximum atomic E-state index is 12.6. The van der Waals surface area contributed by atoms with Crippen LogP contribution in [0.4, 0.5) is 0 Å². The smallest absolute Gasteiger partial charge is 0.253 e. The Bertz CT molecular complexity index is 842. The molecule has 0 aliphatic carbocycles. The summed E-state index contributed by atoms with van der Waals surface area (Å²) >= 11 is 5.84. The molecule has 0 bridgehead atoms. The van der Waals surface area contributed by atoms with E-state index in [0.717, 1.165) is 5.56 Å². The first-order valence-electron chi connectivity index (χ1n) is 9.08. The van der Waals surface area contributed by atoms with Gasteiger partial charge in [0.05, 0.1) is 13.3 Å². The van der Waals surface area contributed by atoms with Crippen molar-refractivity contribution in [3.8, 4) is 5.75 Å². The molecule has 0 unspecified atom stereocenters. The van der Waals surface area contributed by atoms with Crippen LogP contribution in [0.1, 0.15) is 28.8 Å². The lowest BCUT2D eigenvalue weighted by Gasteiger charge is -2.31. The Balaban J connectivity index is 1.47. The van der Waals surface area contributed by atoms with Gasteiger partial charge in [0.15, 0.2) is 0 Å². The average Bonchev–Trinajstić information content (AvgIpc) is 2.74. The van der Waals surface area contributed by atoms with Gasteiger partial charge in [-0.25, -0.2) is 5.43 Å². The predicted octanol–water partition coefficient (Wildman–Crippen LogP) is 3.35. The number of likely N-dealkylation sites (tertiary alicyclic amines) is 1. The van der Waals surface area contributed by atoms with Crippen LogP contribution in [0.5, 0.6) is 5.75 Å². The van der Waals surface area contributed by atoms with Crippen LogP contribution in [-0.4, -0.2) is 43.1 Å². The second-order valence-electron chi connectivity index (χ2n) is 6.58. The van der Waals surface area contributed by atoms with Crippen molar-refractivity contribution in [1.82, 2.24) is 10.3 Å². The number of rotatable bonds is 5. The van der Waals surface area contributed by atoms with Gasteiger partial charge in [0, 0.05) is 29.6 Å². The number of piperidine rings is 1. The molecule has 2 amide bonds. The number of benzene rings is 2. The molecule has 146 valence electrons. The number of carbonyl (C=O) groups excluding carboxylic acids is 2. The van der Waals surface area contributed by atoms with Gasteiger partial charge in [-0.3, -0.25) is 9.59 Å². The quantitative estimate of drug-likeness (QED) is 0.619. The van der Waals surface area contributed by atoms with Crippen LogP contribution in [0.15, 0.2) is 53.6 Å². The minimum absolute atomic E-state index is 0.0257. The summed E-state index contributed by atoms with van der Waals surface area (Å²) in [5.41, 5.74) is 4.06. The van der Waals surface area contributed by atoms with Crippen LogP contribution in [0.2, 0.25) is 5.02 Å². The van der Waals surface area contributed by atoms with Gasteiger partial charge in [-0.2, -0.15) is 5.10 Å². The molecule has 1 N–H and O–H groups in total. The van der Waals surface area contributed by atoms with Crippen molar-refractivity contribution in [1.29, 1.82) is 0 Å². The molecule has 0 saturated carbocycles. The molecule has 28 heavy (non-hydrogen) atoms. The fraction of sp³-hybridized carbons (Fsp3) is 0.286. The topological polar surface area (TPSA) is 71.0 Å². The molecule has 6 nitrogen and oxygen atoms in total. The lowest BCUT2D eigenvalue weighted by Crippen LogP contribution is -2.42. The fourth-order valence-electron chi connectivity index (χ4n) is 3.07. The third kappa shape index (κ3) is 5.10. The summed E-state index contributed by atoms with van der Waals surface area (Å²) in [7, 11) is 1.59. The highest BCUT2D eigenvalue weighted by atomic mass is 35.5. The lowest BCUT2D eigenvalue weighted by molar-refractivity contribution is -0.126. The molecule has 0 radical (unpaired) electrons. The zero-order valence-corrected chi connectivity index (χ0v) is 16.4. The molecule has 3 rings (SSSR count). The van der Waals surface area contributed by atoms with Crippen molar-refractivity contribution < 1.29 is 14.3 Å². The van der Waals surface area contributed by atoms with E-state index in [1.165, 1.54) is 0 Å². The van der Waals surface area contributed by atoms with Crippen molar-refractivity contribution in [2.24, 2.45) is 11.0 Å². The van der Waals surface area contributed by atoms with E-state index in [0.29, 0.717) is 42.3 Å². The summed E-state index contributed by atoms with van der Waals surface area (Å²) < 4.78 is 5.11. The minimum Gasteiger partial charge on any atom is -0.497 e. The first-order chi connectivity index (χ1) is 13.6. The Morgan fingerprint density at radius 2 is 1.75 bits per heavy atom. The fourth-order valence-corrected chi connectivity index (χ4v) is 3.20. The lowest BCUT2D eigenvalue weighted by atomic mass is 9.95. The van der Waals surface area contributed by atoms with E-state index >= 15 is 0 Å². The number of hydrogen-bond donors (Lipinski definition) is 1. The zero-order valence-electron chi connectivity index (χ0n) is 15.6. The van der Waals surface area contributed by atoms with Crippen LogP contribution in [-0.2, 0) is 4.79 Å². The number of hydrogen-bond acceptors (Lipinski definition) is 4. The summed E-state index contributed by atoms with van der Waals surface area (Å²) in [6.07, 6.45) is 2.81. The highest BCUT2D eigenvalue weighted by molar-refractivity contribution is 6.30. The molecule has 1 aliphatic heterocycles. The Hall–Kier alpha value is -2.86. The van der Waals surface area contributed by atoms with Crippen LogP contribution >= 0.6 is 11.6 Å². The van der Waals surface area contributed by atoms with Gasteiger partial charge in [-0.1, -0.05) is 23.7 Å². The monoisotopic (exact) mass is 399 g/mol. The minimum atomic E-state index is -0.151. The Kier molecular flexibility index (Phi) is 6.66. The third-order valence-corrected chi connectivity index (χ3v) is 5.00. The van der Waals surface area contributed by atoms with Crippen LogP contribution in [0, 0.1) is 5.92 Å². The summed E-state index contributed by atoms with van der Waals surface area (Å²) in [5, 5.41) is 4.65. The number of methoxy groups -OCH3 is 1. The number of nitrogens with zero attached hydrogens (tertiary/aromatic N) is 2. The molecular formula is C21H22ClN3O3. The molecule has 1 heterocycles. The van der Waals surface area contributed by atoms with E-state index in [1.807, 2.05) is 12.1 Å². The first-order valence-corrected chi connectivity index (χ1v) is 9.46. The number of halogens is 1. The van der Waals surface area contributed by atoms with Crippen molar-refractivity contribution in [3.05, 3.63) is 64.7 Å². The molecule has 0 aromatic heterocycles. The number of amides is 2. The Labute approximate surface area is 169 Å². The molecule has 2 aromatic carbocycles. The Morgan fingerprint density at radius 3 is 2.36 bits per heavy atom. The highest BCUT2D eigenvalue weighted by Gasteiger charge is 2.27. The Morgan fingerprint density at radius 1 is 1.11 bits per heavy atom. The standard InChI is InChI=1S/C21H22ClN3O3/c1-28-19-8-4-17(5-9-19)21(27)25-12-10-16(11-13-25)20(26)24-23-14-15-2-6-18(22)7-3-15/h2-9,14,16H,10-13H2,1H3,(H,24,26)/b23-14-. The second-order valence-corrected chi connectivity index (χ2v) is 7.02. The number of ether oxygens (including phenoxy) is 1. The van der Waals surface area contributed by atoms with Gasteiger partial charge in [-0.05, 0) is 54.8 Å². The molecule has 7 heteroatoms. The number of carbonyl (C=O) groups is 2. The van der Waals surface area contributed by atoms with Gasteiger partial charge in [0.1, 0.15) is 5.75 Å². The van der Waals surface area contributed by atoms with Gasteiger partial charge >= 0.3 is 0 Å². The highest BCUT2D eigenvalue weighted by Crippen LogP contribution is 2.20. The van der Waals surface area contributed by atoms with E-state index in [9.17, 15) is 9.59 Å². The van der Waals surface area contributed by atoms with Crippen LogP contribution in [0.3, 0.4) is 0 Å². The van der Waals surface area contributed by atoms with Crippen LogP contribution < -0.4 is 10.2 Å². The molecule has 1 aliphatic rings. The third-order valence-electron chi connectivity index (χ3n) is 4.75. The second kappa shape index (κ2) is 9.37. The maximum absolute atomic E-state index is 12.6. The van der Waals surface area contributed by atoms with E-state index in [2.05, 4.69) is 10.5 Å². The van der Waals surface area contributed by atoms with Gasteiger partial charge in [0.2, 0.25) is 5.91 Å². The first kappa shape index (κ1) is 19.9. The molecule has 1 fully saturated rings. The van der Waals surface area contributed by atoms with E-state index in [4.69, 9.17) is 16.3 Å². The van der Waals surface area contributed by atoms with Gasteiger partial charge in [0.25, 0.3) is 5.91 Å². The number of nitrogens with one attached hydrogen (secondary N) is 1. The predicted molar refractivity (Wildman–Crippen MR) is 109 cm³/mol. The molecule has 1 saturated heterocycles. The average molecular weight is 400 g/mol. The van der Waals surface area contributed by atoms with Gasteiger partial charge < -0.3 is 9.64 Å². The van der Waals surface area contributed by atoms with E-state index in [1.54, 1.807) is 54.6 Å². The van der Waals surface area contributed by atoms with Crippen molar-refractivity contribution in [2.75, 3.05) is 20.2 Å². The molecule has 0 atom stereocenters. The van der Waals surface area contributed by atoms with E-state index < -0.39 is 0 Å². The molecule has 0 spiro atoms. The molecule has 2 aromatic rings. The van der Waals surface area contributed by atoms with Crippen molar-refractivity contribution in [2.45, 2.75) is 12.8 Å². The summed E-state index contributed by atoms with van der Waals surface area (Å²) in [6.45, 7) is 1.09. The zero-order chi connectivity index (χ0) is 19.9.